The molecule has 0 aliphatic carbocycles. The van der Waals surface area contributed by atoms with Gasteiger partial charge in [-0.25, -0.2) is 0 Å². The molecule has 164 valence electrons. The molecule has 3 aromatic carbocycles. The van der Waals surface area contributed by atoms with Crippen LogP contribution in [0.25, 0.3) is 0 Å². The van der Waals surface area contributed by atoms with Crippen molar-refractivity contribution >= 4 is 17.5 Å². The molecule has 3 aromatic rings. The van der Waals surface area contributed by atoms with Crippen molar-refractivity contribution in [3.63, 3.8) is 0 Å². The fourth-order valence-electron chi connectivity index (χ4n) is 4.25. The normalized spacial score (nSPS) is 16.9. The summed E-state index contributed by atoms with van der Waals surface area (Å²) in [5.74, 6) is 0.0249. The maximum Gasteiger partial charge on any atom is 0.227 e. The Balaban J connectivity index is 1.47. The second kappa shape index (κ2) is 9.82. The predicted molar refractivity (Wildman–Crippen MR) is 128 cm³/mol. The molecule has 32 heavy (non-hydrogen) atoms. The summed E-state index contributed by atoms with van der Waals surface area (Å²) in [6.07, 6.45) is 0.947. The average Bonchev–Trinajstić information content (AvgIpc) is 3.21. The minimum absolute atomic E-state index is 0.00164. The highest BCUT2D eigenvalue weighted by molar-refractivity contribution is 6.00. The van der Waals surface area contributed by atoms with Crippen molar-refractivity contribution in [2.45, 2.75) is 38.6 Å². The van der Waals surface area contributed by atoms with E-state index in [0.717, 1.165) is 16.8 Å². The maximum atomic E-state index is 13.2. The zero-order valence-electron chi connectivity index (χ0n) is 18.7. The molecule has 1 heterocycles. The van der Waals surface area contributed by atoms with Crippen molar-refractivity contribution in [2.75, 3.05) is 11.4 Å². The lowest BCUT2D eigenvalue weighted by Crippen LogP contribution is -2.36. The van der Waals surface area contributed by atoms with Gasteiger partial charge in [0.2, 0.25) is 11.8 Å². The highest BCUT2D eigenvalue weighted by atomic mass is 16.2. The van der Waals surface area contributed by atoms with E-state index in [9.17, 15) is 9.59 Å². The fraction of sp³-hybridized carbons (Fsp3) is 0.286. The number of anilines is 1. The lowest BCUT2D eigenvalue weighted by Gasteiger charge is -2.22. The molecule has 0 saturated carbocycles. The van der Waals surface area contributed by atoms with Crippen LogP contribution in [0, 0.1) is 5.92 Å². The summed E-state index contributed by atoms with van der Waals surface area (Å²) in [4.78, 5) is 27.6. The second-order valence-electron chi connectivity index (χ2n) is 8.81. The topological polar surface area (TPSA) is 49.4 Å². The first-order valence-corrected chi connectivity index (χ1v) is 11.3. The number of nitrogens with one attached hydrogen (secondary N) is 1. The standard InChI is InChI=1S/C28H30N2O2/c1-20(2)22-13-15-25(16-14-22)30-19-24(18-27(30)31)28(32)29-26(23-11-7-4-8-12-23)17-21-9-5-3-6-10-21/h3-16,20,24,26H,17-19H2,1-2H3,(H,29,32). The van der Waals surface area contributed by atoms with Gasteiger partial charge in [-0.3, -0.25) is 9.59 Å². The van der Waals surface area contributed by atoms with Crippen LogP contribution in [0.5, 0.6) is 0 Å². The highest BCUT2D eigenvalue weighted by Gasteiger charge is 2.36. The smallest absolute Gasteiger partial charge is 0.227 e. The van der Waals surface area contributed by atoms with E-state index in [-0.39, 0.29) is 30.2 Å². The maximum absolute atomic E-state index is 13.2. The first kappa shape index (κ1) is 21.8. The number of hydrogen-bond acceptors (Lipinski definition) is 2. The van der Waals surface area contributed by atoms with Crippen molar-refractivity contribution in [1.29, 1.82) is 0 Å². The van der Waals surface area contributed by atoms with Gasteiger partial charge in [-0.1, -0.05) is 86.6 Å². The summed E-state index contributed by atoms with van der Waals surface area (Å²) in [7, 11) is 0. The summed E-state index contributed by atoms with van der Waals surface area (Å²) in [6.45, 7) is 4.71. The van der Waals surface area contributed by atoms with Gasteiger partial charge in [-0.05, 0) is 41.2 Å². The summed E-state index contributed by atoms with van der Waals surface area (Å²) in [6, 6.07) is 28.1. The highest BCUT2D eigenvalue weighted by Crippen LogP contribution is 2.28. The van der Waals surface area contributed by atoms with E-state index in [0.29, 0.717) is 18.9 Å². The molecular formula is C28H30N2O2. The second-order valence-corrected chi connectivity index (χ2v) is 8.81. The average molecular weight is 427 g/mol. The molecule has 0 spiro atoms. The molecule has 1 saturated heterocycles. The van der Waals surface area contributed by atoms with Crippen LogP contribution in [-0.4, -0.2) is 18.4 Å². The minimum Gasteiger partial charge on any atom is -0.349 e. The van der Waals surface area contributed by atoms with E-state index < -0.39 is 0 Å². The SMILES string of the molecule is CC(C)c1ccc(N2CC(C(=O)NC(Cc3ccccc3)c3ccccc3)CC2=O)cc1. The zero-order chi connectivity index (χ0) is 22.5. The molecule has 2 amide bonds. The molecule has 1 N–H and O–H groups in total. The van der Waals surface area contributed by atoms with Gasteiger partial charge in [0.15, 0.2) is 0 Å². The van der Waals surface area contributed by atoms with Crippen molar-refractivity contribution in [3.05, 3.63) is 102 Å². The lowest BCUT2D eigenvalue weighted by molar-refractivity contribution is -0.127. The predicted octanol–water partition coefficient (Wildman–Crippen LogP) is 5.26. The van der Waals surface area contributed by atoms with Crippen LogP contribution in [-0.2, 0) is 16.0 Å². The van der Waals surface area contributed by atoms with E-state index in [1.165, 1.54) is 5.56 Å². The van der Waals surface area contributed by atoms with E-state index in [2.05, 4.69) is 43.4 Å². The molecule has 4 nitrogen and oxygen atoms in total. The Labute approximate surface area is 190 Å². The minimum atomic E-state index is -0.353. The lowest BCUT2D eigenvalue weighted by atomic mass is 9.97. The Hall–Kier alpha value is -3.40. The Kier molecular flexibility index (Phi) is 6.69. The molecule has 1 aliphatic rings. The first-order chi connectivity index (χ1) is 15.5. The molecule has 1 fully saturated rings. The summed E-state index contributed by atoms with van der Waals surface area (Å²) >= 11 is 0. The van der Waals surface area contributed by atoms with Crippen LogP contribution in [0.1, 0.15) is 48.9 Å². The van der Waals surface area contributed by atoms with E-state index in [1.807, 2.05) is 60.7 Å². The van der Waals surface area contributed by atoms with Gasteiger partial charge in [-0.15, -0.1) is 0 Å². The summed E-state index contributed by atoms with van der Waals surface area (Å²) < 4.78 is 0. The third-order valence-corrected chi connectivity index (χ3v) is 6.17. The molecule has 0 radical (unpaired) electrons. The number of amides is 2. The van der Waals surface area contributed by atoms with Gasteiger partial charge in [0.25, 0.3) is 0 Å². The van der Waals surface area contributed by atoms with Crippen LogP contribution in [0.15, 0.2) is 84.9 Å². The summed E-state index contributed by atoms with van der Waals surface area (Å²) in [5.41, 5.74) is 4.33. The van der Waals surface area contributed by atoms with Crippen LogP contribution < -0.4 is 10.2 Å². The molecule has 4 heteroatoms. The number of nitrogens with zero attached hydrogens (tertiary/aromatic N) is 1. The third-order valence-electron chi connectivity index (χ3n) is 6.17. The Bertz CT molecular complexity index is 1050. The number of carbonyl (C=O) groups excluding carboxylic acids is 2. The quantitative estimate of drug-likeness (QED) is 0.560. The van der Waals surface area contributed by atoms with E-state index >= 15 is 0 Å². The molecule has 0 bridgehead atoms. The molecule has 1 aliphatic heterocycles. The molecule has 0 aromatic heterocycles. The largest absolute Gasteiger partial charge is 0.349 e. The monoisotopic (exact) mass is 426 g/mol. The number of hydrogen-bond donors (Lipinski definition) is 1. The molecule has 2 atom stereocenters. The van der Waals surface area contributed by atoms with Crippen molar-refractivity contribution < 1.29 is 9.59 Å². The van der Waals surface area contributed by atoms with Gasteiger partial charge < -0.3 is 10.2 Å². The van der Waals surface area contributed by atoms with Crippen LogP contribution in [0.3, 0.4) is 0 Å². The Morgan fingerprint density at radius 1 is 0.906 bits per heavy atom. The van der Waals surface area contributed by atoms with Crippen LogP contribution >= 0.6 is 0 Å². The molecule has 2 unspecified atom stereocenters. The number of benzene rings is 3. The van der Waals surface area contributed by atoms with Gasteiger partial charge in [-0.2, -0.15) is 0 Å². The van der Waals surface area contributed by atoms with Crippen molar-refractivity contribution in [1.82, 2.24) is 5.32 Å². The van der Waals surface area contributed by atoms with Crippen molar-refractivity contribution in [2.24, 2.45) is 5.92 Å². The summed E-state index contributed by atoms with van der Waals surface area (Å²) in [5, 5.41) is 3.22. The van der Waals surface area contributed by atoms with Gasteiger partial charge in [0, 0.05) is 18.7 Å². The number of rotatable bonds is 7. The number of carbonyl (C=O) groups is 2. The van der Waals surface area contributed by atoms with Crippen molar-refractivity contribution in [3.8, 4) is 0 Å². The van der Waals surface area contributed by atoms with E-state index in [4.69, 9.17) is 0 Å². The Morgan fingerprint density at radius 3 is 2.16 bits per heavy atom. The third kappa shape index (κ3) is 5.08. The van der Waals surface area contributed by atoms with Gasteiger partial charge >= 0.3 is 0 Å². The van der Waals surface area contributed by atoms with E-state index in [1.54, 1.807) is 4.90 Å². The zero-order valence-corrected chi connectivity index (χ0v) is 18.7. The molecule has 4 rings (SSSR count). The Morgan fingerprint density at radius 2 is 1.53 bits per heavy atom. The van der Waals surface area contributed by atoms with Crippen LogP contribution in [0.2, 0.25) is 0 Å². The molecular weight excluding hydrogens is 396 g/mol. The first-order valence-electron chi connectivity index (χ1n) is 11.3. The van der Waals surface area contributed by atoms with Gasteiger partial charge in [0.1, 0.15) is 0 Å². The fourth-order valence-corrected chi connectivity index (χ4v) is 4.25. The van der Waals surface area contributed by atoms with Crippen LogP contribution in [0.4, 0.5) is 5.69 Å². The van der Waals surface area contributed by atoms with Gasteiger partial charge in [0.05, 0.1) is 12.0 Å².